The molecule has 2 aromatic carbocycles. The highest BCUT2D eigenvalue weighted by Gasteiger charge is 2.20. The summed E-state index contributed by atoms with van der Waals surface area (Å²) in [6.07, 6.45) is 3.43. The van der Waals surface area contributed by atoms with Gasteiger partial charge in [-0.3, -0.25) is 9.59 Å². The van der Waals surface area contributed by atoms with E-state index in [2.05, 4.69) is 29.5 Å². The third-order valence-electron chi connectivity index (χ3n) is 5.99. The van der Waals surface area contributed by atoms with Crippen molar-refractivity contribution < 1.29 is 14.3 Å². The highest BCUT2D eigenvalue weighted by Crippen LogP contribution is 2.28. The lowest BCUT2D eigenvalue weighted by Crippen LogP contribution is -2.33. The van der Waals surface area contributed by atoms with E-state index in [4.69, 9.17) is 4.74 Å². The van der Waals surface area contributed by atoms with Crippen LogP contribution in [0.3, 0.4) is 0 Å². The molecule has 2 amide bonds. The second-order valence-electron chi connectivity index (χ2n) is 8.52. The lowest BCUT2D eigenvalue weighted by atomic mass is 9.93. The fourth-order valence-electron chi connectivity index (χ4n) is 4.17. The lowest BCUT2D eigenvalue weighted by molar-refractivity contribution is 0.0642. The molecule has 3 aromatic rings. The normalized spacial score (nSPS) is 14.5. The van der Waals surface area contributed by atoms with Gasteiger partial charge in [-0.25, -0.2) is 4.98 Å². The molecule has 0 atom stereocenters. The number of carbonyl (C=O) groups excluding carboxylic acids is 2. The Morgan fingerprint density at radius 3 is 2.50 bits per heavy atom. The van der Waals surface area contributed by atoms with Crippen molar-refractivity contribution in [2.45, 2.75) is 32.6 Å². The number of benzene rings is 2. The molecular weight excluding hydrogens is 402 g/mol. The van der Waals surface area contributed by atoms with Gasteiger partial charge < -0.3 is 15.4 Å². The van der Waals surface area contributed by atoms with Gasteiger partial charge >= 0.3 is 0 Å². The van der Waals surface area contributed by atoms with Crippen molar-refractivity contribution in [3.63, 3.8) is 0 Å². The van der Waals surface area contributed by atoms with E-state index in [-0.39, 0.29) is 17.5 Å². The predicted molar refractivity (Wildman–Crippen MR) is 126 cm³/mol. The molecule has 0 bridgehead atoms. The van der Waals surface area contributed by atoms with Gasteiger partial charge in [0, 0.05) is 31.5 Å². The van der Waals surface area contributed by atoms with E-state index < -0.39 is 0 Å². The highest BCUT2D eigenvalue weighted by molar-refractivity contribution is 6.15. The number of nitrogens with zero attached hydrogens (tertiary/aromatic N) is 1. The second kappa shape index (κ2) is 9.92. The minimum absolute atomic E-state index is 0.219. The quantitative estimate of drug-likeness (QED) is 0.589. The SMILES string of the molecule is CC(C)c1ccc(C(=O)Nc2cccnc2C(=O)NCC2CCOCC2)c2ccccc12. The molecule has 1 aliphatic rings. The average molecular weight is 432 g/mol. The van der Waals surface area contributed by atoms with Crippen LogP contribution in [0.25, 0.3) is 10.8 Å². The van der Waals surface area contributed by atoms with Crippen LogP contribution in [-0.2, 0) is 4.74 Å². The lowest BCUT2D eigenvalue weighted by Gasteiger charge is -2.22. The van der Waals surface area contributed by atoms with Crippen molar-refractivity contribution in [3.05, 3.63) is 71.5 Å². The Bertz CT molecular complexity index is 1120. The van der Waals surface area contributed by atoms with Gasteiger partial charge in [-0.15, -0.1) is 0 Å². The topological polar surface area (TPSA) is 80.3 Å². The smallest absolute Gasteiger partial charge is 0.272 e. The second-order valence-corrected chi connectivity index (χ2v) is 8.52. The maximum Gasteiger partial charge on any atom is 0.272 e. The van der Waals surface area contributed by atoms with Crippen LogP contribution in [0.2, 0.25) is 0 Å². The van der Waals surface area contributed by atoms with Gasteiger partial charge in [0.15, 0.2) is 5.69 Å². The van der Waals surface area contributed by atoms with Crippen molar-refractivity contribution >= 4 is 28.3 Å². The fraction of sp³-hybridized carbons (Fsp3) is 0.346. The van der Waals surface area contributed by atoms with E-state index in [9.17, 15) is 9.59 Å². The van der Waals surface area contributed by atoms with Crippen LogP contribution < -0.4 is 10.6 Å². The van der Waals surface area contributed by atoms with Crippen molar-refractivity contribution in [1.82, 2.24) is 10.3 Å². The number of hydrogen-bond acceptors (Lipinski definition) is 4. The molecule has 2 heterocycles. The Morgan fingerprint density at radius 1 is 1.00 bits per heavy atom. The summed E-state index contributed by atoms with van der Waals surface area (Å²) in [6, 6.07) is 15.2. The van der Waals surface area contributed by atoms with Gasteiger partial charge in [0.05, 0.1) is 5.69 Å². The average Bonchev–Trinajstić information content (AvgIpc) is 2.82. The molecule has 1 saturated heterocycles. The number of anilines is 1. The Balaban J connectivity index is 1.54. The summed E-state index contributed by atoms with van der Waals surface area (Å²) in [7, 11) is 0. The van der Waals surface area contributed by atoms with Crippen molar-refractivity contribution in [2.24, 2.45) is 5.92 Å². The number of hydrogen-bond donors (Lipinski definition) is 2. The van der Waals surface area contributed by atoms with Gasteiger partial charge in [0.2, 0.25) is 0 Å². The largest absolute Gasteiger partial charge is 0.381 e. The third-order valence-corrected chi connectivity index (χ3v) is 5.99. The number of fused-ring (bicyclic) bond motifs is 1. The van der Waals surface area contributed by atoms with E-state index in [0.717, 1.165) is 36.8 Å². The first-order valence-corrected chi connectivity index (χ1v) is 11.2. The highest BCUT2D eigenvalue weighted by atomic mass is 16.5. The van der Waals surface area contributed by atoms with E-state index >= 15 is 0 Å². The van der Waals surface area contributed by atoms with E-state index in [1.54, 1.807) is 18.3 Å². The van der Waals surface area contributed by atoms with Gasteiger partial charge in [-0.1, -0.05) is 44.2 Å². The Kier molecular flexibility index (Phi) is 6.81. The number of pyridine rings is 1. The maximum absolute atomic E-state index is 13.2. The molecule has 0 saturated carbocycles. The first-order valence-electron chi connectivity index (χ1n) is 11.2. The number of rotatable bonds is 6. The molecule has 1 aromatic heterocycles. The minimum Gasteiger partial charge on any atom is -0.381 e. The van der Waals surface area contributed by atoms with Gasteiger partial charge in [0.25, 0.3) is 11.8 Å². The summed E-state index contributed by atoms with van der Waals surface area (Å²) in [5, 5.41) is 7.83. The van der Waals surface area contributed by atoms with Crippen LogP contribution in [0.1, 0.15) is 59.0 Å². The van der Waals surface area contributed by atoms with Gasteiger partial charge in [-0.2, -0.15) is 0 Å². The van der Waals surface area contributed by atoms with Crippen LogP contribution in [0.15, 0.2) is 54.7 Å². The molecule has 0 aliphatic carbocycles. The van der Waals surface area contributed by atoms with Gasteiger partial charge in [0.1, 0.15) is 0 Å². The molecule has 32 heavy (non-hydrogen) atoms. The molecule has 1 fully saturated rings. The van der Waals surface area contributed by atoms with Crippen LogP contribution in [0, 0.1) is 5.92 Å². The van der Waals surface area contributed by atoms with Gasteiger partial charge in [-0.05, 0) is 59.2 Å². The first-order chi connectivity index (χ1) is 15.5. The van der Waals surface area contributed by atoms with E-state index in [1.807, 2.05) is 36.4 Å². The maximum atomic E-state index is 13.2. The summed E-state index contributed by atoms with van der Waals surface area (Å²) in [5.74, 6) is 0.206. The van der Waals surface area contributed by atoms with E-state index in [0.29, 0.717) is 29.6 Å². The minimum atomic E-state index is -0.285. The molecule has 166 valence electrons. The molecule has 6 nitrogen and oxygen atoms in total. The van der Waals surface area contributed by atoms with Crippen molar-refractivity contribution in [1.29, 1.82) is 0 Å². The zero-order valence-electron chi connectivity index (χ0n) is 18.6. The molecule has 1 aliphatic heterocycles. The molecule has 4 rings (SSSR count). The third kappa shape index (κ3) is 4.81. The number of ether oxygens (including phenoxy) is 1. The number of aromatic nitrogens is 1. The summed E-state index contributed by atoms with van der Waals surface area (Å²) in [5.41, 5.74) is 2.39. The van der Waals surface area contributed by atoms with Crippen LogP contribution in [0.4, 0.5) is 5.69 Å². The number of nitrogens with one attached hydrogen (secondary N) is 2. The van der Waals surface area contributed by atoms with Crippen LogP contribution in [0.5, 0.6) is 0 Å². The number of carbonyl (C=O) groups is 2. The Hall–Kier alpha value is -3.25. The summed E-state index contributed by atoms with van der Waals surface area (Å²) in [4.78, 5) is 30.2. The Labute approximate surface area is 188 Å². The molecule has 6 heteroatoms. The van der Waals surface area contributed by atoms with E-state index in [1.165, 1.54) is 5.56 Å². The molecule has 2 N–H and O–H groups in total. The van der Waals surface area contributed by atoms with Crippen molar-refractivity contribution in [3.8, 4) is 0 Å². The standard InChI is InChI=1S/C26H29N3O3/c1-17(2)19-9-10-22(21-7-4-3-6-20(19)21)25(30)29-23-8-5-13-27-24(23)26(31)28-16-18-11-14-32-15-12-18/h3-10,13,17-18H,11-12,14-16H2,1-2H3,(H,28,31)(H,29,30). The zero-order valence-corrected chi connectivity index (χ0v) is 18.6. The monoisotopic (exact) mass is 431 g/mol. The molecule has 0 unspecified atom stereocenters. The Morgan fingerprint density at radius 2 is 1.75 bits per heavy atom. The fourth-order valence-corrected chi connectivity index (χ4v) is 4.17. The predicted octanol–water partition coefficient (Wildman–Crippen LogP) is 4.77. The number of amides is 2. The van der Waals surface area contributed by atoms with Crippen LogP contribution in [-0.4, -0.2) is 36.6 Å². The first kappa shape index (κ1) is 22.0. The molecule has 0 spiro atoms. The summed E-state index contributed by atoms with van der Waals surface area (Å²) in [6.45, 7) is 6.32. The van der Waals surface area contributed by atoms with Crippen molar-refractivity contribution in [2.75, 3.05) is 25.1 Å². The van der Waals surface area contributed by atoms with Crippen LogP contribution >= 0.6 is 0 Å². The summed E-state index contributed by atoms with van der Waals surface area (Å²) < 4.78 is 5.37. The summed E-state index contributed by atoms with van der Waals surface area (Å²) >= 11 is 0. The molecular formula is C26H29N3O3. The zero-order chi connectivity index (χ0) is 22.5. The molecule has 0 radical (unpaired) electrons.